The van der Waals surface area contributed by atoms with E-state index in [-0.39, 0.29) is 27.5 Å². The van der Waals surface area contributed by atoms with Crippen LogP contribution >= 0.6 is 11.3 Å². The molecule has 3 aromatic rings. The maximum atomic E-state index is 12.7. The maximum absolute atomic E-state index is 12.7. The number of aromatic nitrogens is 1. The molecule has 0 spiro atoms. The lowest BCUT2D eigenvalue weighted by molar-refractivity contribution is 0.0602. The van der Waals surface area contributed by atoms with E-state index in [9.17, 15) is 9.59 Å². The average molecular weight is 367 g/mol. The number of nitrogens with one attached hydrogen (secondary N) is 1. The highest BCUT2D eigenvalue weighted by Crippen LogP contribution is 2.34. The van der Waals surface area contributed by atoms with Crippen molar-refractivity contribution < 1.29 is 14.3 Å². The summed E-state index contributed by atoms with van der Waals surface area (Å²) in [5.74, 6) is -0.999. The fraction of sp³-hybridized carbons (Fsp3) is 0.0588. The number of fused-ring (bicyclic) bond motifs is 1. The zero-order valence-corrected chi connectivity index (χ0v) is 14.4. The Morgan fingerprint density at radius 1 is 1.31 bits per heavy atom. The van der Waals surface area contributed by atoms with Gasteiger partial charge in [-0.05, 0) is 18.2 Å². The lowest BCUT2D eigenvalue weighted by Gasteiger charge is -2.09. The maximum Gasteiger partial charge on any atom is 0.339 e. The third-order valence-electron chi connectivity index (χ3n) is 3.66. The molecule has 0 unspecified atom stereocenters. The van der Waals surface area contributed by atoms with Crippen LogP contribution in [0.2, 0.25) is 0 Å². The molecule has 26 heavy (non-hydrogen) atoms. The van der Waals surface area contributed by atoms with Gasteiger partial charge in [-0.25, -0.2) is 9.78 Å². The predicted octanol–water partition coefficient (Wildman–Crippen LogP) is 2.37. The van der Waals surface area contributed by atoms with Gasteiger partial charge in [0.05, 0.1) is 29.6 Å². The van der Waals surface area contributed by atoms with Crippen LogP contribution in [0.15, 0.2) is 30.3 Å². The van der Waals surface area contributed by atoms with E-state index in [1.54, 1.807) is 18.2 Å². The largest absolute Gasteiger partial charge is 0.465 e. The van der Waals surface area contributed by atoms with Gasteiger partial charge in [-0.1, -0.05) is 12.1 Å². The first-order valence-corrected chi connectivity index (χ1v) is 8.15. The van der Waals surface area contributed by atoms with Gasteiger partial charge in [0.2, 0.25) is 0 Å². The van der Waals surface area contributed by atoms with Crippen molar-refractivity contribution in [2.24, 2.45) is 0 Å². The number of hydrogen-bond acceptors (Lipinski definition) is 8. The first-order valence-electron chi connectivity index (χ1n) is 7.33. The fourth-order valence-electron chi connectivity index (χ4n) is 2.37. The van der Waals surface area contributed by atoms with Crippen LogP contribution < -0.4 is 16.8 Å². The van der Waals surface area contributed by atoms with Crippen molar-refractivity contribution in [3.8, 4) is 6.07 Å². The molecule has 0 aliphatic carbocycles. The Morgan fingerprint density at radius 2 is 2.04 bits per heavy atom. The molecular formula is C17H13N5O3S. The highest BCUT2D eigenvalue weighted by molar-refractivity contribution is 7.21. The lowest BCUT2D eigenvalue weighted by atomic mass is 10.1. The Hall–Kier alpha value is -3.64. The van der Waals surface area contributed by atoms with Crippen LogP contribution in [0.4, 0.5) is 17.2 Å². The molecular weight excluding hydrogens is 354 g/mol. The summed E-state index contributed by atoms with van der Waals surface area (Å²) in [5.41, 5.74) is 12.7. The molecule has 0 bridgehead atoms. The summed E-state index contributed by atoms with van der Waals surface area (Å²) in [4.78, 5) is 29.2. The molecule has 0 aliphatic rings. The number of hydrogen-bond donors (Lipinski definition) is 3. The quantitative estimate of drug-likeness (QED) is 0.603. The third kappa shape index (κ3) is 2.89. The summed E-state index contributed by atoms with van der Waals surface area (Å²) in [6, 6.07) is 9.89. The van der Waals surface area contributed by atoms with E-state index in [1.165, 1.54) is 19.2 Å². The zero-order valence-electron chi connectivity index (χ0n) is 13.6. The fourth-order valence-corrected chi connectivity index (χ4v) is 3.35. The van der Waals surface area contributed by atoms with Crippen LogP contribution in [0.25, 0.3) is 10.2 Å². The summed E-state index contributed by atoms with van der Waals surface area (Å²) in [5, 5.41) is 12.2. The number of methoxy groups -OCH3 is 1. The number of rotatable bonds is 3. The summed E-state index contributed by atoms with van der Waals surface area (Å²) < 4.78 is 4.71. The van der Waals surface area contributed by atoms with E-state index in [0.717, 1.165) is 11.3 Å². The van der Waals surface area contributed by atoms with Crippen molar-refractivity contribution in [3.63, 3.8) is 0 Å². The van der Waals surface area contributed by atoms with E-state index in [4.69, 9.17) is 21.5 Å². The minimum atomic E-state index is -0.571. The summed E-state index contributed by atoms with van der Waals surface area (Å²) in [6.45, 7) is 0. The summed E-state index contributed by atoms with van der Waals surface area (Å²) in [7, 11) is 1.26. The highest BCUT2D eigenvalue weighted by Gasteiger charge is 2.21. The average Bonchev–Trinajstić information content (AvgIpc) is 2.96. The van der Waals surface area contributed by atoms with Crippen molar-refractivity contribution >= 4 is 50.6 Å². The van der Waals surface area contributed by atoms with Gasteiger partial charge in [0, 0.05) is 5.39 Å². The Balaban J connectivity index is 2.01. The van der Waals surface area contributed by atoms with Crippen LogP contribution in [0.1, 0.15) is 25.6 Å². The number of thiophene rings is 1. The Labute approximate surface area is 152 Å². The van der Waals surface area contributed by atoms with Gasteiger partial charge in [0.1, 0.15) is 21.6 Å². The number of anilines is 3. The lowest BCUT2D eigenvalue weighted by Crippen LogP contribution is -2.15. The van der Waals surface area contributed by atoms with Crippen LogP contribution in [0.5, 0.6) is 0 Å². The van der Waals surface area contributed by atoms with Gasteiger partial charge in [-0.15, -0.1) is 11.3 Å². The van der Waals surface area contributed by atoms with Gasteiger partial charge in [0.25, 0.3) is 5.91 Å². The second kappa shape index (κ2) is 6.70. The smallest absolute Gasteiger partial charge is 0.339 e. The van der Waals surface area contributed by atoms with Crippen LogP contribution in [-0.2, 0) is 4.74 Å². The van der Waals surface area contributed by atoms with Crippen molar-refractivity contribution in [3.05, 3.63) is 46.3 Å². The van der Waals surface area contributed by atoms with Crippen LogP contribution in [0.3, 0.4) is 0 Å². The van der Waals surface area contributed by atoms with Gasteiger partial charge in [-0.2, -0.15) is 5.26 Å². The molecule has 0 saturated carbocycles. The molecule has 0 saturated heterocycles. The minimum absolute atomic E-state index is 0.0734. The van der Waals surface area contributed by atoms with Crippen LogP contribution in [0, 0.1) is 11.3 Å². The van der Waals surface area contributed by atoms with E-state index >= 15 is 0 Å². The van der Waals surface area contributed by atoms with E-state index in [1.807, 2.05) is 6.07 Å². The zero-order chi connectivity index (χ0) is 18.8. The first kappa shape index (κ1) is 17.2. The highest BCUT2D eigenvalue weighted by atomic mass is 32.1. The van der Waals surface area contributed by atoms with E-state index < -0.39 is 11.9 Å². The number of carbonyl (C=O) groups is 2. The molecule has 2 heterocycles. The number of amides is 1. The van der Waals surface area contributed by atoms with Crippen molar-refractivity contribution in [1.29, 1.82) is 5.26 Å². The molecule has 0 atom stereocenters. The number of pyridine rings is 1. The topological polar surface area (TPSA) is 144 Å². The Bertz CT molecular complexity index is 1080. The van der Waals surface area contributed by atoms with Gasteiger partial charge in [0.15, 0.2) is 0 Å². The molecule has 3 rings (SSSR count). The number of nitriles is 1. The standard InChI is InChI=1S/C17H13N5O3S/c1-25-17(24)9-4-2-3-5-11(9)21-15(23)13-12(19)10-6-8(7-18)14(20)22-16(10)26-13/h2-6H,19H2,1H3,(H2,20,22)(H,21,23). The number of carbonyl (C=O) groups excluding carboxylic acids is 2. The molecule has 1 aromatic carbocycles. The van der Waals surface area contributed by atoms with Crippen molar-refractivity contribution in [2.45, 2.75) is 0 Å². The first-order chi connectivity index (χ1) is 12.5. The van der Waals surface area contributed by atoms with Gasteiger partial charge in [-0.3, -0.25) is 4.79 Å². The molecule has 0 radical (unpaired) electrons. The molecule has 8 nitrogen and oxygen atoms in total. The number of ether oxygens (including phenoxy) is 1. The monoisotopic (exact) mass is 367 g/mol. The normalized spacial score (nSPS) is 10.3. The summed E-state index contributed by atoms with van der Waals surface area (Å²) in [6.07, 6.45) is 0. The number of nitrogens with zero attached hydrogens (tertiary/aromatic N) is 2. The molecule has 1 amide bonds. The molecule has 9 heteroatoms. The Morgan fingerprint density at radius 3 is 2.73 bits per heavy atom. The molecule has 5 N–H and O–H groups in total. The summed E-state index contributed by atoms with van der Waals surface area (Å²) >= 11 is 1.05. The third-order valence-corrected chi connectivity index (χ3v) is 4.77. The second-order valence-electron chi connectivity index (χ2n) is 5.22. The predicted molar refractivity (Wildman–Crippen MR) is 98.9 cm³/mol. The van der Waals surface area contributed by atoms with E-state index in [0.29, 0.717) is 15.9 Å². The van der Waals surface area contributed by atoms with Gasteiger partial charge >= 0.3 is 5.97 Å². The molecule has 130 valence electrons. The van der Waals surface area contributed by atoms with Crippen molar-refractivity contribution in [2.75, 3.05) is 23.9 Å². The Kier molecular flexibility index (Phi) is 4.43. The van der Waals surface area contributed by atoms with E-state index in [2.05, 4.69) is 10.3 Å². The second-order valence-corrected chi connectivity index (χ2v) is 6.22. The molecule has 0 aliphatic heterocycles. The molecule has 0 fully saturated rings. The van der Waals surface area contributed by atoms with Crippen LogP contribution in [-0.4, -0.2) is 24.0 Å². The number of benzene rings is 1. The number of para-hydroxylation sites is 1. The number of esters is 1. The number of nitrogen functional groups attached to an aromatic ring is 2. The van der Waals surface area contributed by atoms with Gasteiger partial charge < -0.3 is 21.5 Å². The SMILES string of the molecule is COC(=O)c1ccccc1NC(=O)c1sc2nc(N)c(C#N)cc2c1N. The van der Waals surface area contributed by atoms with Crippen molar-refractivity contribution in [1.82, 2.24) is 4.98 Å². The minimum Gasteiger partial charge on any atom is -0.465 e. The molecule has 2 aromatic heterocycles. The number of nitrogens with two attached hydrogens (primary N) is 2.